The number of nitrogens with one attached hydrogen (secondary N) is 1. The van der Waals surface area contributed by atoms with E-state index in [2.05, 4.69) is 14.6 Å². The average Bonchev–Trinajstić information content (AvgIpc) is 2.41. The van der Waals surface area contributed by atoms with Crippen molar-refractivity contribution in [3.05, 3.63) is 11.6 Å². The van der Waals surface area contributed by atoms with E-state index in [4.69, 9.17) is 4.74 Å². The minimum absolute atomic E-state index is 0.0780. The maximum absolute atomic E-state index is 11.6. The van der Waals surface area contributed by atoms with E-state index in [1.807, 2.05) is 5.43 Å². The fourth-order valence-corrected chi connectivity index (χ4v) is 0.932. The highest BCUT2D eigenvalue weighted by Gasteiger charge is 2.16. The van der Waals surface area contributed by atoms with Crippen LogP contribution in [0.15, 0.2) is 16.8 Å². The van der Waals surface area contributed by atoms with Crippen LogP contribution in [0.1, 0.15) is 13.8 Å². The van der Waals surface area contributed by atoms with Crippen molar-refractivity contribution in [3.8, 4) is 0 Å². The molecule has 0 saturated heterocycles. The zero-order chi connectivity index (χ0) is 14.8. The molecule has 0 rings (SSSR count). The van der Waals surface area contributed by atoms with E-state index in [1.54, 1.807) is 6.92 Å². The van der Waals surface area contributed by atoms with Crippen molar-refractivity contribution in [3.63, 3.8) is 0 Å². The van der Waals surface area contributed by atoms with Gasteiger partial charge < -0.3 is 14.2 Å². The van der Waals surface area contributed by atoms with Gasteiger partial charge in [0, 0.05) is 6.08 Å². The summed E-state index contributed by atoms with van der Waals surface area (Å²) in [6.07, 6.45) is 0.121. The lowest BCUT2D eigenvalue weighted by Gasteiger charge is -2.06. The van der Waals surface area contributed by atoms with Gasteiger partial charge in [-0.3, -0.25) is 0 Å². The van der Waals surface area contributed by atoms with E-state index in [-0.39, 0.29) is 17.9 Å². The molecule has 0 aliphatic carbocycles. The molecule has 0 unspecified atom stereocenters. The van der Waals surface area contributed by atoms with Gasteiger partial charge in [0.25, 0.3) is 0 Å². The number of hydrogen-bond donors (Lipinski definition) is 1. The molecule has 8 heteroatoms. The molecule has 19 heavy (non-hydrogen) atoms. The summed E-state index contributed by atoms with van der Waals surface area (Å²) in [5.41, 5.74) is 1.98. The van der Waals surface area contributed by atoms with Gasteiger partial charge in [0.2, 0.25) is 0 Å². The molecule has 0 aromatic heterocycles. The third-order valence-electron chi connectivity index (χ3n) is 1.85. The van der Waals surface area contributed by atoms with Gasteiger partial charge in [-0.15, -0.1) is 0 Å². The van der Waals surface area contributed by atoms with Gasteiger partial charge in [-0.1, -0.05) is 0 Å². The van der Waals surface area contributed by atoms with Gasteiger partial charge in [-0.05, 0) is 13.8 Å². The number of methoxy groups -OCH3 is 2. The predicted molar refractivity (Wildman–Crippen MR) is 65.4 cm³/mol. The van der Waals surface area contributed by atoms with Gasteiger partial charge in [0.05, 0.1) is 32.1 Å². The van der Waals surface area contributed by atoms with E-state index in [0.717, 1.165) is 13.2 Å². The molecule has 1 N–H and O–H groups in total. The zero-order valence-corrected chi connectivity index (χ0v) is 11.2. The fourth-order valence-electron chi connectivity index (χ4n) is 0.932. The molecule has 1 amide bonds. The molecule has 0 spiro atoms. The molecule has 0 fully saturated rings. The van der Waals surface area contributed by atoms with Crippen LogP contribution >= 0.6 is 0 Å². The number of hydrogen-bond acceptors (Lipinski definition) is 7. The van der Waals surface area contributed by atoms with E-state index in [1.165, 1.54) is 14.0 Å². The van der Waals surface area contributed by atoms with Gasteiger partial charge in [-0.2, -0.15) is 5.10 Å². The summed E-state index contributed by atoms with van der Waals surface area (Å²) in [5, 5.41) is 3.60. The van der Waals surface area contributed by atoms with Crippen molar-refractivity contribution in [2.75, 3.05) is 20.8 Å². The molecule has 0 bridgehead atoms. The molecule has 0 heterocycles. The highest BCUT2D eigenvalue weighted by atomic mass is 16.5. The Kier molecular flexibility index (Phi) is 7.59. The Morgan fingerprint density at radius 1 is 1.21 bits per heavy atom. The third kappa shape index (κ3) is 6.20. The topological polar surface area (TPSA) is 103 Å². The Balaban J connectivity index is 5.13. The monoisotopic (exact) mass is 272 g/mol. The van der Waals surface area contributed by atoms with Crippen molar-refractivity contribution < 1.29 is 28.6 Å². The molecular weight excluding hydrogens is 256 g/mol. The predicted octanol–water partition coefficient (Wildman–Crippen LogP) is 0.381. The fraction of sp³-hybridized carbons (Fsp3) is 0.455. The number of ether oxygens (including phenoxy) is 3. The maximum atomic E-state index is 11.6. The Bertz CT molecular complexity index is 413. The first-order chi connectivity index (χ1) is 8.96. The van der Waals surface area contributed by atoms with Crippen LogP contribution in [0.5, 0.6) is 0 Å². The molecule has 0 aliphatic heterocycles. The highest BCUT2D eigenvalue weighted by Crippen LogP contribution is 2.03. The molecule has 0 aromatic rings. The quantitative estimate of drug-likeness (QED) is 0.255. The van der Waals surface area contributed by atoms with Crippen molar-refractivity contribution in [2.24, 2.45) is 5.10 Å². The largest absolute Gasteiger partial charge is 0.466 e. The Labute approximate surface area is 110 Å². The van der Waals surface area contributed by atoms with Crippen molar-refractivity contribution >= 4 is 23.7 Å². The number of hydrazone groups is 1. The van der Waals surface area contributed by atoms with Crippen LogP contribution < -0.4 is 5.43 Å². The first-order valence-corrected chi connectivity index (χ1v) is 5.31. The number of carbonyl (C=O) groups excluding carboxylic acids is 3. The summed E-state index contributed by atoms with van der Waals surface area (Å²) in [7, 11) is 2.33. The Morgan fingerprint density at radius 3 is 2.32 bits per heavy atom. The lowest BCUT2D eigenvalue weighted by Crippen LogP contribution is -2.22. The van der Waals surface area contributed by atoms with Crippen LogP contribution in [-0.2, 0) is 23.8 Å². The van der Waals surface area contributed by atoms with Crippen molar-refractivity contribution in [1.29, 1.82) is 0 Å². The number of rotatable bonds is 5. The van der Waals surface area contributed by atoms with Crippen molar-refractivity contribution in [1.82, 2.24) is 5.43 Å². The number of nitrogens with zero attached hydrogens (tertiary/aromatic N) is 1. The van der Waals surface area contributed by atoms with Gasteiger partial charge in [-0.25, -0.2) is 19.8 Å². The second kappa shape index (κ2) is 8.67. The lowest BCUT2D eigenvalue weighted by atomic mass is 10.1. The van der Waals surface area contributed by atoms with Crippen LogP contribution in [0.4, 0.5) is 4.79 Å². The summed E-state index contributed by atoms with van der Waals surface area (Å²) in [4.78, 5) is 33.6. The van der Waals surface area contributed by atoms with Gasteiger partial charge in [0.15, 0.2) is 0 Å². The summed E-state index contributed by atoms with van der Waals surface area (Å²) in [6, 6.07) is 0. The Hall–Kier alpha value is -2.38. The molecule has 0 aliphatic rings. The molecular formula is C11H16N2O6. The second-order valence-corrected chi connectivity index (χ2v) is 3.10. The molecule has 0 saturated carbocycles. The first-order valence-electron chi connectivity index (χ1n) is 5.31. The number of carbonyl (C=O) groups is 3. The first kappa shape index (κ1) is 16.6. The average molecular weight is 272 g/mol. The van der Waals surface area contributed by atoms with Crippen molar-refractivity contribution in [2.45, 2.75) is 13.8 Å². The van der Waals surface area contributed by atoms with Crippen LogP contribution in [0, 0.1) is 0 Å². The molecule has 0 atom stereocenters. The SMILES string of the molecule is CCOC(=O)C(=C/C(=O)OC)/C(C)=N/NC(=O)OC. The molecule has 0 radical (unpaired) electrons. The summed E-state index contributed by atoms with van der Waals surface area (Å²) in [5.74, 6) is -1.49. The Morgan fingerprint density at radius 2 is 1.84 bits per heavy atom. The van der Waals surface area contributed by atoms with Crippen LogP contribution in [0.25, 0.3) is 0 Å². The highest BCUT2D eigenvalue weighted by molar-refractivity contribution is 6.21. The van der Waals surface area contributed by atoms with E-state index in [0.29, 0.717) is 0 Å². The molecule has 0 aromatic carbocycles. The normalized spacial score (nSPS) is 11.6. The smallest absolute Gasteiger partial charge is 0.427 e. The standard InChI is InChI=1S/C11H16N2O6/c1-5-19-10(15)8(6-9(14)17-3)7(2)12-13-11(16)18-4/h6H,5H2,1-4H3,(H,13,16)/b8-6+,12-7+. The number of esters is 2. The molecule has 8 nitrogen and oxygen atoms in total. The summed E-state index contributed by atoms with van der Waals surface area (Å²) >= 11 is 0. The minimum Gasteiger partial charge on any atom is -0.466 e. The zero-order valence-electron chi connectivity index (χ0n) is 11.2. The van der Waals surface area contributed by atoms with E-state index >= 15 is 0 Å². The summed E-state index contributed by atoms with van der Waals surface area (Å²) in [6.45, 7) is 3.17. The van der Waals surface area contributed by atoms with Crippen LogP contribution in [0.2, 0.25) is 0 Å². The third-order valence-corrected chi connectivity index (χ3v) is 1.85. The van der Waals surface area contributed by atoms with E-state index < -0.39 is 18.0 Å². The second-order valence-electron chi connectivity index (χ2n) is 3.10. The lowest BCUT2D eigenvalue weighted by molar-refractivity contribution is -0.139. The van der Waals surface area contributed by atoms with E-state index in [9.17, 15) is 14.4 Å². The van der Waals surface area contributed by atoms with Gasteiger partial charge >= 0.3 is 18.0 Å². The van der Waals surface area contributed by atoms with Crippen LogP contribution in [-0.4, -0.2) is 44.6 Å². The van der Waals surface area contributed by atoms with Gasteiger partial charge in [0.1, 0.15) is 0 Å². The molecule has 106 valence electrons. The minimum atomic E-state index is -0.805. The maximum Gasteiger partial charge on any atom is 0.427 e. The number of amides is 1. The summed E-state index contributed by atoms with van der Waals surface area (Å²) < 4.78 is 13.5. The van der Waals surface area contributed by atoms with Crippen LogP contribution in [0.3, 0.4) is 0 Å².